The summed E-state index contributed by atoms with van der Waals surface area (Å²) in [5.74, 6) is 0.441. The first-order valence-corrected chi connectivity index (χ1v) is 9.48. The van der Waals surface area contributed by atoms with Crippen LogP contribution in [0.2, 0.25) is 5.02 Å². The lowest BCUT2D eigenvalue weighted by Crippen LogP contribution is -2.30. The topological polar surface area (TPSA) is 62.7 Å². The van der Waals surface area contributed by atoms with E-state index in [0.29, 0.717) is 15.6 Å². The highest BCUT2D eigenvalue weighted by atomic mass is 79.9. The molecule has 2 N–H and O–H groups in total. The van der Waals surface area contributed by atoms with Crippen molar-refractivity contribution in [3.8, 4) is 11.4 Å². The molecule has 0 aliphatic carbocycles. The molecule has 1 atom stereocenters. The summed E-state index contributed by atoms with van der Waals surface area (Å²) in [6, 6.07) is 14.9. The van der Waals surface area contributed by atoms with Crippen LogP contribution in [-0.2, 0) is 11.3 Å². The van der Waals surface area contributed by atoms with Gasteiger partial charge in [0.15, 0.2) is 10.6 Å². The Morgan fingerprint density at radius 3 is 2.69 bits per heavy atom. The van der Waals surface area contributed by atoms with Gasteiger partial charge >= 0.3 is 0 Å². The number of H-pyrrole nitrogens is 1. The normalized spacial score (nSPS) is 12.0. The molecule has 3 rings (SSSR count). The van der Waals surface area contributed by atoms with Crippen molar-refractivity contribution in [1.29, 1.82) is 0 Å². The quantitative estimate of drug-likeness (QED) is 0.542. The predicted molar refractivity (Wildman–Crippen MR) is 109 cm³/mol. The number of hydrogen-bond donors (Lipinski definition) is 2. The molecule has 0 radical (unpaired) electrons. The minimum absolute atomic E-state index is 0.0715. The monoisotopic (exact) mass is 450 g/mol. The van der Waals surface area contributed by atoms with E-state index in [9.17, 15) is 4.79 Å². The third kappa shape index (κ3) is 4.23. The maximum Gasteiger partial charge on any atom is 0.240 e. The Balaban J connectivity index is 1.78. The number of carbonyl (C=O) groups excluding carboxylic acids is 1. The maximum absolute atomic E-state index is 12.5. The SMILES string of the molecule is C[C@@H](NC(=O)Cn1c(-c2ccc(Cl)cc2)n[nH]c1=S)c1ccccc1Br. The number of rotatable bonds is 5. The van der Waals surface area contributed by atoms with Crippen molar-refractivity contribution in [2.45, 2.75) is 19.5 Å². The molecule has 0 aliphatic heterocycles. The van der Waals surface area contributed by atoms with E-state index in [2.05, 4.69) is 31.4 Å². The summed E-state index contributed by atoms with van der Waals surface area (Å²) < 4.78 is 3.01. The Kier molecular flexibility index (Phi) is 5.90. The molecule has 0 spiro atoms. The van der Waals surface area contributed by atoms with E-state index in [4.69, 9.17) is 23.8 Å². The number of amides is 1. The Morgan fingerprint density at radius 2 is 2.00 bits per heavy atom. The van der Waals surface area contributed by atoms with Gasteiger partial charge in [0, 0.05) is 15.1 Å². The average molecular weight is 452 g/mol. The van der Waals surface area contributed by atoms with Crippen LogP contribution in [0, 0.1) is 4.77 Å². The average Bonchev–Trinajstić information content (AvgIpc) is 2.96. The van der Waals surface area contributed by atoms with E-state index in [1.165, 1.54) is 0 Å². The van der Waals surface area contributed by atoms with Gasteiger partial charge in [-0.05, 0) is 55.0 Å². The van der Waals surface area contributed by atoms with Gasteiger partial charge in [-0.1, -0.05) is 45.7 Å². The number of aromatic nitrogens is 3. The van der Waals surface area contributed by atoms with E-state index in [1.807, 2.05) is 43.3 Å². The zero-order chi connectivity index (χ0) is 18.7. The van der Waals surface area contributed by atoms with Gasteiger partial charge in [-0.15, -0.1) is 0 Å². The predicted octanol–water partition coefficient (Wildman–Crippen LogP) is 4.90. The molecule has 2 aromatic carbocycles. The van der Waals surface area contributed by atoms with E-state index in [1.54, 1.807) is 16.7 Å². The van der Waals surface area contributed by atoms with Crippen molar-refractivity contribution in [2.24, 2.45) is 0 Å². The molecular formula is C18H16BrClN4OS. The van der Waals surface area contributed by atoms with Crippen LogP contribution in [0.1, 0.15) is 18.5 Å². The van der Waals surface area contributed by atoms with Gasteiger partial charge in [0.2, 0.25) is 5.91 Å². The van der Waals surface area contributed by atoms with E-state index in [0.717, 1.165) is 15.6 Å². The molecule has 0 bridgehead atoms. The molecule has 0 saturated carbocycles. The third-order valence-electron chi connectivity index (χ3n) is 3.91. The van der Waals surface area contributed by atoms with E-state index >= 15 is 0 Å². The minimum atomic E-state index is -0.152. The molecule has 0 aliphatic rings. The summed E-state index contributed by atoms with van der Waals surface area (Å²) in [5, 5.41) is 10.6. The Labute approximate surface area is 169 Å². The van der Waals surface area contributed by atoms with Crippen LogP contribution in [0.15, 0.2) is 53.0 Å². The van der Waals surface area contributed by atoms with Crippen molar-refractivity contribution in [3.05, 3.63) is 68.4 Å². The summed E-state index contributed by atoms with van der Waals surface area (Å²) in [7, 11) is 0. The van der Waals surface area contributed by atoms with Crippen LogP contribution in [0.25, 0.3) is 11.4 Å². The molecule has 26 heavy (non-hydrogen) atoms. The lowest BCUT2D eigenvalue weighted by Gasteiger charge is -2.16. The first-order valence-electron chi connectivity index (χ1n) is 7.90. The van der Waals surface area contributed by atoms with Gasteiger partial charge in [0.1, 0.15) is 6.54 Å². The smallest absolute Gasteiger partial charge is 0.240 e. The van der Waals surface area contributed by atoms with Crippen LogP contribution < -0.4 is 5.32 Å². The van der Waals surface area contributed by atoms with Crippen molar-refractivity contribution < 1.29 is 4.79 Å². The second kappa shape index (κ2) is 8.16. The van der Waals surface area contributed by atoms with Crippen LogP contribution in [0.3, 0.4) is 0 Å². The zero-order valence-corrected chi connectivity index (χ0v) is 17.0. The summed E-state index contributed by atoms with van der Waals surface area (Å²) >= 11 is 14.7. The van der Waals surface area contributed by atoms with Crippen LogP contribution in [0.4, 0.5) is 0 Å². The molecule has 0 fully saturated rings. The molecule has 0 saturated heterocycles. The van der Waals surface area contributed by atoms with Crippen LogP contribution >= 0.6 is 39.7 Å². The van der Waals surface area contributed by atoms with Gasteiger partial charge in [0.25, 0.3) is 0 Å². The number of nitrogens with zero attached hydrogens (tertiary/aromatic N) is 2. The third-order valence-corrected chi connectivity index (χ3v) is 5.20. The molecule has 1 aromatic heterocycles. The van der Waals surface area contributed by atoms with Gasteiger partial charge in [-0.3, -0.25) is 14.5 Å². The van der Waals surface area contributed by atoms with E-state index in [-0.39, 0.29) is 18.5 Å². The summed E-state index contributed by atoms with van der Waals surface area (Å²) in [4.78, 5) is 12.5. The summed E-state index contributed by atoms with van der Waals surface area (Å²) in [5.41, 5.74) is 1.84. The molecule has 3 aromatic rings. The number of aromatic amines is 1. The molecule has 1 heterocycles. The van der Waals surface area contributed by atoms with Crippen molar-refractivity contribution in [3.63, 3.8) is 0 Å². The minimum Gasteiger partial charge on any atom is -0.348 e. The molecular weight excluding hydrogens is 436 g/mol. The van der Waals surface area contributed by atoms with Gasteiger partial charge < -0.3 is 5.32 Å². The van der Waals surface area contributed by atoms with Crippen molar-refractivity contribution >= 4 is 45.7 Å². The first kappa shape index (κ1) is 18.8. The Bertz CT molecular complexity index is 983. The summed E-state index contributed by atoms with van der Waals surface area (Å²) in [6.45, 7) is 2.01. The second-order valence-corrected chi connectivity index (χ2v) is 7.43. The van der Waals surface area contributed by atoms with Gasteiger partial charge in [-0.2, -0.15) is 5.10 Å². The summed E-state index contributed by atoms with van der Waals surface area (Å²) in [6.07, 6.45) is 0. The van der Waals surface area contributed by atoms with Crippen LogP contribution in [0.5, 0.6) is 0 Å². The first-order chi connectivity index (χ1) is 12.5. The van der Waals surface area contributed by atoms with Crippen molar-refractivity contribution in [1.82, 2.24) is 20.1 Å². The Morgan fingerprint density at radius 1 is 1.31 bits per heavy atom. The zero-order valence-electron chi connectivity index (χ0n) is 13.9. The fourth-order valence-electron chi connectivity index (χ4n) is 2.62. The molecule has 0 unspecified atom stereocenters. The Hall–Kier alpha value is -1.96. The lowest BCUT2D eigenvalue weighted by molar-refractivity contribution is -0.122. The van der Waals surface area contributed by atoms with Crippen LogP contribution in [-0.4, -0.2) is 20.7 Å². The van der Waals surface area contributed by atoms with Gasteiger partial charge in [-0.25, -0.2) is 0 Å². The highest BCUT2D eigenvalue weighted by Gasteiger charge is 2.16. The second-order valence-electron chi connectivity index (χ2n) is 5.76. The van der Waals surface area contributed by atoms with Gasteiger partial charge in [0.05, 0.1) is 6.04 Å². The molecule has 134 valence electrons. The number of halogens is 2. The highest BCUT2D eigenvalue weighted by Crippen LogP contribution is 2.23. The van der Waals surface area contributed by atoms with E-state index < -0.39 is 0 Å². The lowest BCUT2D eigenvalue weighted by atomic mass is 10.1. The molecule has 5 nitrogen and oxygen atoms in total. The highest BCUT2D eigenvalue weighted by molar-refractivity contribution is 9.10. The standard InChI is InChI=1S/C18H16BrClN4OS/c1-11(14-4-2-3-5-15(14)19)21-16(25)10-24-17(22-23-18(24)26)12-6-8-13(20)9-7-12/h2-9,11H,10H2,1H3,(H,21,25)(H,23,26)/t11-/m1/s1. The number of hydrogen-bond acceptors (Lipinski definition) is 3. The largest absolute Gasteiger partial charge is 0.348 e. The molecule has 8 heteroatoms. The molecule has 1 amide bonds. The number of benzene rings is 2. The number of nitrogens with one attached hydrogen (secondary N) is 2. The fourth-order valence-corrected chi connectivity index (χ4v) is 3.57. The number of carbonyl (C=O) groups is 1. The maximum atomic E-state index is 12.5. The van der Waals surface area contributed by atoms with Crippen molar-refractivity contribution in [2.75, 3.05) is 0 Å². The fraction of sp³-hybridized carbons (Fsp3) is 0.167.